The van der Waals surface area contributed by atoms with Crippen LogP contribution >= 0.6 is 0 Å². The van der Waals surface area contributed by atoms with E-state index in [0.29, 0.717) is 22.3 Å². The molecule has 7 nitrogen and oxygen atoms in total. The van der Waals surface area contributed by atoms with Crippen molar-refractivity contribution in [1.82, 2.24) is 0 Å². The first-order valence-corrected chi connectivity index (χ1v) is 12.5. The number of rotatable bonds is 10. The molecule has 39 heavy (non-hydrogen) atoms. The van der Waals surface area contributed by atoms with Crippen molar-refractivity contribution in [2.45, 2.75) is 24.0 Å². The summed E-state index contributed by atoms with van der Waals surface area (Å²) in [6.07, 6.45) is -2.29. The van der Waals surface area contributed by atoms with E-state index in [9.17, 15) is 10.2 Å². The molecule has 6 N–H and O–H groups in total. The molecule has 196 valence electrons. The second kappa shape index (κ2) is 12.7. The van der Waals surface area contributed by atoms with E-state index in [1.165, 1.54) is 0 Å². The van der Waals surface area contributed by atoms with Crippen LogP contribution in [0.5, 0.6) is 0 Å². The lowest BCUT2D eigenvalue weighted by molar-refractivity contribution is 0.168. The van der Waals surface area contributed by atoms with Gasteiger partial charge in [0.15, 0.2) is 0 Å². The van der Waals surface area contributed by atoms with Crippen LogP contribution in [0.4, 0.5) is 0 Å². The lowest BCUT2D eigenvalue weighted by atomic mass is 9.84. The molecule has 0 bridgehead atoms. The standard InChI is InChI=1S/C32H30N4O3/c33-27(25(21-13-5-1-6-14-21)29(37)23-17-9-3-10-18-23)31(35)39-32(36)28(34)26(22-15-7-2-8-16-22)30(38)24-19-11-4-12-20-24/h1-20,25-26,29-30,33-38H. The number of aliphatic hydroxyl groups excluding tert-OH is 2. The van der Waals surface area contributed by atoms with Crippen LogP contribution in [0.25, 0.3) is 0 Å². The van der Waals surface area contributed by atoms with Gasteiger partial charge in [-0.25, -0.2) is 0 Å². The Morgan fingerprint density at radius 1 is 0.436 bits per heavy atom. The summed E-state index contributed by atoms with van der Waals surface area (Å²) in [5.41, 5.74) is 1.68. The number of benzene rings is 4. The smallest absolute Gasteiger partial charge is 0.235 e. The van der Waals surface area contributed by atoms with E-state index in [2.05, 4.69) is 0 Å². The molecule has 4 aromatic rings. The molecule has 0 fully saturated rings. The van der Waals surface area contributed by atoms with Crippen LogP contribution in [0, 0.1) is 21.6 Å². The fourth-order valence-electron chi connectivity index (χ4n) is 4.51. The molecule has 0 aliphatic carbocycles. The molecule has 4 aromatic carbocycles. The average Bonchev–Trinajstić information content (AvgIpc) is 2.99. The monoisotopic (exact) mass is 518 g/mol. The molecule has 0 spiro atoms. The minimum atomic E-state index is -1.14. The first kappa shape index (κ1) is 27.3. The third-order valence-electron chi connectivity index (χ3n) is 6.55. The maximum atomic E-state index is 11.2. The van der Waals surface area contributed by atoms with Gasteiger partial charge in [-0.15, -0.1) is 0 Å². The Balaban J connectivity index is 1.59. The second-order valence-electron chi connectivity index (χ2n) is 9.08. The summed E-state index contributed by atoms with van der Waals surface area (Å²) in [6.45, 7) is 0. The van der Waals surface area contributed by atoms with Crippen molar-refractivity contribution in [2.75, 3.05) is 0 Å². The van der Waals surface area contributed by atoms with Crippen molar-refractivity contribution in [3.8, 4) is 0 Å². The van der Waals surface area contributed by atoms with Crippen LogP contribution in [-0.2, 0) is 4.74 Å². The highest BCUT2D eigenvalue weighted by Gasteiger charge is 2.34. The molecule has 0 aromatic heterocycles. The van der Waals surface area contributed by atoms with Crippen LogP contribution < -0.4 is 0 Å². The van der Waals surface area contributed by atoms with Gasteiger partial charge in [-0.05, 0) is 22.3 Å². The summed E-state index contributed by atoms with van der Waals surface area (Å²) in [6, 6.07) is 35.5. The summed E-state index contributed by atoms with van der Waals surface area (Å²) in [5.74, 6) is -3.20. The Morgan fingerprint density at radius 3 is 0.974 bits per heavy atom. The summed E-state index contributed by atoms with van der Waals surface area (Å²) < 4.78 is 5.45. The fraction of sp³-hybridized carbons (Fsp3) is 0.125. The van der Waals surface area contributed by atoms with Gasteiger partial charge in [0.1, 0.15) is 11.4 Å². The van der Waals surface area contributed by atoms with Crippen molar-refractivity contribution >= 4 is 23.2 Å². The van der Waals surface area contributed by atoms with Crippen LogP contribution in [0.15, 0.2) is 121 Å². The maximum Gasteiger partial charge on any atom is 0.235 e. The van der Waals surface area contributed by atoms with Crippen LogP contribution in [0.3, 0.4) is 0 Å². The van der Waals surface area contributed by atoms with E-state index in [4.69, 9.17) is 26.4 Å². The number of aliphatic hydroxyl groups is 2. The molecule has 0 saturated heterocycles. The highest BCUT2D eigenvalue weighted by atomic mass is 16.5. The minimum absolute atomic E-state index is 0.338. The summed E-state index contributed by atoms with van der Waals surface area (Å²) in [5, 5.41) is 57.0. The predicted molar refractivity (Wildman–Crippen MR) is 153 cm³/mol. The molecule has 0 saturated carbocycles. The first-order chi connectivity index (χ1) is 18.9. The Hall–Kier alpha value is -4.72. The molecule has 4 rings (SSSR count). The summed E-state index contributed by atoms with van der Waals surface area (Å²) in [4.78, 5) is 0. The summed E-state index contributed by atoms with van der Waals surface area (Å²) >= 11 is 0. The number of hydrogen-bond acceptors (Lipinski definition) is 7. The number of hydrogen-bond donors (Lipinski definition) is 6. The highest BCUT2D eigenvalue weighted by molar-refractivity contribution is 6.46. The number of nitrogens with one attached hydrogen (secondary N) is 4. The summed E-state index contributed by atoms with van der Waals surface area (Å²) in [7, 11) is 0. The lowest BCUT2D eigenvalue weighted by Gasteiger charge is -2.26. The molecule has 7 heteroatoms. The molecule has 0 radical (unpaired) electrons. The van der Waals surface area contributed by atoms with E-state index in [0.717, 1.165) is 0 Å². The van der Waals surface area contributed by atoms with Crippen molar-refractivity contribution in [2.24, 2.45) is 0 Å². The SMILES string of the molecule is N=C(OC(=N)C(=N)C(c1ccccc1)C(O)c1ccccc1)C(=N)C(c1ccccc1)C(O)c1ccccc1. The van der Waals surface area contributed by atoms with Crippen LogP contribution in [-0.4, -0.2) is 33.4 Å². The molecule has 0 aliphatic rings. The largest absolute Gasteiger partial charge is 0.418 e. The van der Waals surface area contributed by atoms with Crippen LogP contribution in [0.1, 0.15) is 46.3 Å². The van der Waals surface area contributed by atoms with Gasteiger partial charge in [0, 0.05) is 0 Å². The highest BCUT2D eigenvalue weighted by Crippen LogP contribution is 2.34. The quantitative estimate of drug-likeness (QED) is 0.113. The Bertz CT molecular complexity index is 1320. The minimum Gasteiger partial charge on any atom is -0.418 e. The molecule has 4 unspecified atom stereocenters. The fourth-order valence-corrected chi connectivity index (χ4v) is 4.51. The maximum absolute atomic E-state index is 11.2. The van der Waals surface area contributed by atoms with Crippen LogP contribution in [0.2, 0.25) is 0 Å². The van der Waals surface area contributed by atoms with Crippen molar-refractivity contribution in [3.05, 3.63) is 144 Å². The third kappa shape index (κ3) is 6.41. The van der Waals surface area contributed by atoms with Gasteiger partial charge in [0.25, 0.3) is 0 Å². The zero-order valence-electron chi connectivity index (χ0n) is 21.2. The van der Waals surface area contributed by atoms with Gasteiger partial charge in [-0.1, -0.05) is 121 Å². The van der Waals surface area contributed by atoms with E-state index >= 15 is 0 Å². The molecule has 4 atom stereocenters. The van der Waals surface area contributed by atoms with Crippen molar-refractivity contribution in [1.29, 1.82) is 21.6 Å². The zero-order chi connectivity index (χ0) is 27.8. The van der Waals surface area contributed by atoms with Crippen molar-refractivity contribution in [3.63, 3.8) is 0 Å². The van der Waals surface area contributed by atoms with Gasteiger partial charge in [-0.2, -0.15) is 0 Å². The Labute approximate surface area is 227 Å². The third-order valence-corrected chi connectivity index (χ3v) is 6.55. The zero-order valence-corrected chi connectivity index (χ0v) is 21.2. The normalized spacial score (nSPS) is 13.9. The van der Waals surface area contributed by atoms with E-state index in [-0.39, 0.29) is 11.4 Å². The predicted octanol–water partition coefficient (Wildman–Crippen LogP) is 6.03. The van der Waals surface area contributed by atoms with Gasteiger partial charge >= 0.3 is 0 Å². The molecular weight excluding hydrogens is 488 g/mol. The number of ether oxygens (including phenoxy) is 1. The molecular formula is C32H30N4O3. The van der Waals surface area contributed by atoms with Crippen molar-refractivity contribution < 1.29 is 14.9 Å². The molecule has 0 amide bonds. The van der Waals surface area contributed by atoms with E-state index < -0.39 is 35.8 Å². The topological polar surface area (TPSA) is 145 Å². The van der Waals surface area contributed by atoms with Gasteiger partial charge in [0.2, 0.25) is 11.8 Å². The second-order valence-corrected chi connectivity index (χ2v) is 9.08. The Kier molecular flexibility index (Phi) is 8.89. The Morgan fingerprint density at radius 2 is 0.692 bits per heavy atom. The van der Waals surface area contributed by atoms with Gasteiger partial charge in [0.05, 0.1) is 24.0 Å². The van der Waals surface area contributed by atoms with E-state index in [1.54, 1.807) is 97.1 Å². The molecule has 0 aliphatic heterocycles. The molecule has 0 heterocycles. The van der Waals surface area contributed by atoms with Gasteiger partial charge in [-0.3, -0.25) is 21.6 Å². The van der Waals surface area contributed by atoms with Gasteiger partial charge < -0.3 is 14.9 Å². The lowest BCUT2D eigenvalue weighted by Crippen LogP contribution is -2.34. The first-order valence-electron chi connectivity index (χ1n) is 12.5. The average molecular weight is 519 g/mol. The van der Waals surface area contributed by atoms with E-state index in [1.807, 2.05) is 24.3 Å².